The molecule has 0 aliphatic heterocycles. The zero-order valence-corrected chi connectivity index (χ0v) is 12.0. The summed E-state index contributed by atoms with van der Waals surface area (Å²) in [7, 11) is 0. The first-order valence-electron chi connectivity index (χ1n) is 7.23. The predicted octanol–water partition coefficient (Wildman–Crippen LogP) is 3.75. The van der Waals surface area contributed by atoms with Gasteiger partial charge in [-0.25, -0.2) is 4.39 Å². The second-order valence-corrected chi connectivity index (χ2v) is 5.31. The number of nitrogens with two attached hydrogens (primary N) is 1. The molecule has 0 bridgehead atoms. The second-order valence-electron chi connectivity index (χ2n) is 5.31. The quantitative estimate of drug-likeness (QED) is 0.851. The Hall–Kier alpha value is -1.67. The van der Waals surface area contributed by atoms with E-state index in [9.17, 15) is 4.39 Å². The van der Waals surface area contributed by atoms with E-state index in [1.165, 1.54) is 23.3 Å². The Labute approximate surface area is 120 Å². The molecule has 2 rings (SSSR count). The molecule has 0 saturated heterocycles. The fraction of sp³-hybridized carbons (Fsp3) is 0.333. The second kappa shape index (κ2) is 7.20. The minimum absolute atomic E-state index is 0.187. The molecule has 0 aliphatic rings. The molecule has 0 radical (unpaired) electrons. The van der Waals surface area contributed by atoms with Gasteiger partial charge in [-0.05, 0) is 60.5 Å². The Balaban J connectivity index is 1.99. The van der Waals surface area contributed by atoms with Crippen molar-refractivity contribution >= 4 is 0 Å². The largest absolute Gasteiger partial charge is 0.330 e. The first-order chi connectivity index (χ1) is 9.71. The maximum absolute atomic E-state index is 12.9. The number of hydrogen-bond donors (Lipinski definition) is 1. The summed E-state index contributed by atoms with van der Waals surface area (Å²) in [5.74, 6) is 0.209. The van der Waals surface area contributed by atoms with Gasteiger partial charge in [0, 0.05) is 0 Å². The Morgan fingerprint density at radius 2 is 1.30 bits per heavy atom. The van der Waals surface area contributed by atoms with Crippen molar-refractivity contribution in [3.05, 3.63) is 71.0 Å². The zero-order chi connectivity index (χ0) is 14.4. The molecule has 2 N–H and O–H groups in total. The van der Waals surface area contributed by atoms with Gasteiger partial charge in [0.05, 0.1) is 0 Å². The molecule has 106 valence electrons. The lowest BCUT2D eigenvalue weighted by atomic mass is 9.92. The Bertz CT molecular complexity index is 516. The smallest absolute Gasteiger partial charge is 0.123 e. The first kappa shape index (κ1) is 14.7. The SMILES string of the molecule is CCc1ccc(CC(CN)Cc2ccc(F)cc2)cc1. The minimum Gasteiger partial charge on any atom is -0.330 e. The molecule has 0 amide bonds. The van der Waals surface area contributed by atoms with Gasteiger partial charge in [0.15, 0.2) is 0 Å². The average molecular weight is 271 g/mol. The van der Waals surface area contributed by atoms with Crippen molar-refractivity contribution in [3.63, 3.8) is 0 Å². The fourth-order valence-corrected chi connectivity index (χ4v) is 2.44. The van der Waals surface area contributed by atoms with E-state index in [2.05, 4.69) is 31.2 Å². The van der Waals surface area contributed by atoms with Crippen LogP contribution in [0.2, 0.25) is 0 Å². The summed E-state index contributed by atoms with van der Waals surface area (Å²) in [5.41, 5.74) is 9.70. The third-order valence-electron chi connectivity index (χ3n) is 3.73. The van der Waals surface area contributed by atoms with Crippen LogP contribution in [-0.2, 0) is 19.3 Å². The molecule has 2 aromatic carbocycles. The van der Waals surface area contributed by atoms with Gasteiger partial charge < -0.3 is 5.73 Å². The first-order valence-corrected chi connectivity index (χ1v) is 7.23. The van der Waals surface area contributed by atoms with Gasteiger partial charge >= 0.3 is 0 Å². The summed E-state index contributed by atoms with van der Waals surface area (Å²) >= 11 is 0. The lowest BCUT2D eigenvalue weighted by Gasteiger charge is -2.15. The van der Waals surface area contributed by atoms with Crippen LogP contribution in [0.4, 0.5) is 4.39 Å². The van der Waals surface area contributed by atoms with Gasteiger partial charge in [0.2, 0.25) is 0 Å². The molecular formula is C18H22FN. The van der Waals surface area contributed by atoms with E-state index in [1.54, 1.807) is 0 Å². The topological polar surface area (TPSA) is 26.0 Å². The molecule has 0 spiro atoms. The normalized spacial score (nSPS) is 12.3. The number of halogens is 1. The third kappa shape index (κ3) is 4.17. The zero-order valence-electron chi connectivity index (χ0n) is 12.0. The molecule has 1 atom stereocenters. The minimum atomic E-state index is -0.187. The highest BCUT2D eigenvalue weighted by Gasteiger charge is 2.09. The average Bonchev–Trinajstić information content (AvgIpc) is 2.49. The van der Waals surface area contributed by atoms with Crippen LogP contribution >= 0.6 is 0 Å². The maximum Gasteiger partial charge on any atom is 0.123 e. The van der Waals surface area contributed by atoms with E-state index in [0.29, 0.717) is 12.5 Å². The van der Waals surface area contributed by atoms with Crippen molar-refractivity contribution in [1.29, 1.82) is 0 Å². The summed E-state index contributed by atoms with van der Waals surface area (Å²) in [5, 5.41) is 0. The number of benzene rings is 2. The van der Waals surface area contributed by atoms with Crippen molar-refractivity contribution in [3.8, 4) is 0 Å². The van der Waals surface area contributed by atoms with E-state index >= 15 is 0 Å². The van der Waals surface area contributed by atoms with Crippen LogP contribution in [0.5, 0.6) is 0 Å². The van der Waals surface area contributed by atoms with Crippen molar-refractivity contribution in [2.45, 2.75) is 26.2 Å². The summed E-state index contributed by atoms with van der Waals surface area (Å²) in [4.78, 5) is 0. The Morgan fingerprint density at radius 3 is 1.75 bits per heavy atom. The molecule has 0 fully saturated rings. The molecule has 0 saturated carbocycles. The summed E-state index contributed by atoms with van der Waals surface area (Å²) in [6, 6.07) is 15.5. The van der Waals surface area contributed by atoms with Gasteiger partial charge in [-0.15, -0.1) is 0 Å². The van der Waals surface area contributed by atoms with E-state index < -0.39 is 0 Å². The molecule has 0 heterocycles. The van der Waals surface area contributed by atoms with Crippen LogP contribution in [0.15, 0.2) is 48.5 Å². The van der Waals surface area contributed by atoms with E-state index in [4.69, 9.17) is 5.73 Å². The molecular weight excluding hydrogens is 249 g/mol. The van der Waals surface area contributed by atoms with Crippen LogP contribution < -0.4 is 5.73 Å². The number of rotatable bonds is 6. The predicted molar refractivity (Wildman–Crippen MR) is 82.2 cm³/mol. The molecule has 1 nitrogen and oxygen atoms in total. The van der Waals surface area contributed by atoms with E-state index in [1.807, 2.05) is 12.1 Å². The van der Waals surface area contributed by atoms with Crippen molar-refractivity contribution in [1.82, 2.24) is 0 Å². The highest BCUT2D eigenvalue weighted by atomic mass is 19.1. The van der Waals surface area contributed by atoms with E-state index in [0.717, 1.165) is 24.8 Å². The van der Waals surface area contributed by atoms with Gasteiger partial charge in [-0.1, -0.05) is 43.3 Å². The molecule has 1 unspecified atom stereocenters. The molecule has 0 aromatic heterocycles. The number of hydrogen-bond acceptors (Lipinski definition) is 1. The van der Waals surface area contributed by atoms with Gasteiger partial charge in [0.25, 0.3) is 0 Å². The summed E-state index contributed by atoms with van der Waals surface area (Å²) in [6.45, 7) is 2.80. The van der Waals surface area contributed by atoms with Gasteiger partial charge in [0.1, 0.15) is 5.82 Å². The van der Waals surface area contributed by atoms with Crippen molar-refractivity contribution in [2.24, 2.45) is 11.7 Å². The van der Waals surface area contributed by atoms with E-state index in [-0.39, 0.29) is 5.82 Å². The van der Waals surface area contributed by atoms with Gasteiger partial charge in [-0.3, -0.25) is 0 Å². The lowest BCUT2D eigenvalue weighted by Crippen LogP contribution is -2.19. The Morgan fingerprint density at radius 1 is 0.850 bits per heavy atom. The van der Waals surface area contributed by atoms with Crippen LogP contribution in [0.25, 0.3) is 0 Å². The maximum atomic E-state index is 12.9. The highest BCUT2D eigenvalue weighted by molar-refractivity contribution is 5.23. The standard InChI is InChI=1S/C18H22FN/c1-2-14-3-5-15(6-4-14)11-17(13-20)12-16-7-9-18(19)10-8-16/h3-10,17H,2,11-13,20H2,1H3. The van der Waals surface area contributed by atoms with Crippen LogP contribution in [0.1, 0.15) is 23.6 Å². The van der Waals surface area contributed by atoms with Gasteiger partial charge in [-0.2, -0.15) is 0 Å². The summed E-state index contributed by atoms with van der Waals surface area (Å²) < 4.78 is 12.9. The molecule has 20 heavy (non-hydrogen) atoms. The number of aryl methyl sites for hydroxylation is 1. The summed E-state index contributed by atoms with van der Waals surface area (Å²) in [6.07, 6.45) is 2.93. The van der Waals surface area contributed by atoms with Crippen molar-refractivity contribution < 1.29 is 4.39 Å². The molecule has 2 heteroatoms. The monoisotopic (exact) mass is 271 g/mol. The lowest BCUT2D eigenvalue weighted by molar-refractivity contribution is 0.532. The van der Waals surface area contributed by atoms with Crippen molar-refractivity contribution in [2.75, 3.05) is 6.54 Å². The molecule has 2 aromatic rings. The van der Waals surface area contributed by atoms with Crippen LogP contribution in [-0.4, -0.2) is 6.54 Å². The van der Waals surface area contributed by atoms with Crippen LogP contribution in [0.3, 0.4) is 0 Å². The fourth-order valence-electron chi connectivity index (χ4n) is 2.44. The third-order valence-corrected chi connectivity index (χ3v) is 3.73. The highest BCUT2D eigenvalue weighted by Crippen LogP contribution is 2.15. The molecule has 0 aliphatic carbocycles. The van der Waals surface area contributed by atoms with Crippen LogP contribution in [0, 0.1) is 11.7 Å². The Kier molecular flexibility index (Phi) is 5.31.